The van der Waals surface area contributed by atoms with Gasteiger partial charge in [-0.2, -0.15) is 5.26 Å². The average Bonchev–Trinajstić information content (AvgIpc) is 2.37. The van der Waals surface area contributed by atoms with E-state index in [0.29, 0.717) is 18.6 Å². The standard InChI is InChI=1S/C9H16N2O/c1-7(3-5-10)11-9-4-6-12-8(9)2/h7-9,11H,3-4,6H2,1-2H3. The molecule has 3 atom stereocenters. The highest BCUT2D eigenvalue weighted by Gasteiger charge is 2.24. The maximum atomic E-state index is 8.46. The number of rotatable bonds is 3. The summed E-state index contributed by atoms with van der Waals surface area (Å²) in [5, 5.41) is 11.8. The minimum Gasteiger partial charge on any atom is -0.377 e. The van der Waals surface area contributed by atoms with Crippen LogP contribution in [0.25, 0.3) is 0 Å². The van der Waals surface area contributed by atoms with Crippen LogP contribution in [0.2, 0.25) is 0 Å². The van der Waals surface area contributed by atoms with E-state index in [9.17, 15) is 0 Å². The van der Waals surface area contributed by atoms with Gasteiger partial charge in [0.2, 0.25) is 0 Å². The summed E-state index contributed by atoms with van der Waals surface area (Å²) in [5.74, 6) is 0. The average molecular weight is 168 g/mol. The number of nitrogens with zero attached hydrogens (tertiary/aromatic N) is 1. The van der Waals surface area contributed by atoms with Gasteiger partial charge < -0.3 is 10.1 Å². The number of nitrogens with one attached hydrogen (secondary N) is 1. The summed E-state index contributed by atoms with van der Waals surface area (Å²) in [5.41, 5.74) is 0. The SMILES string of the molecule is CC(CC#N)NC1CCOC1C. The van der Waals surface area contributed by atoms with Gasteiger partial charge in [0.05, 0.1) is 18.6 Å². The molecule has 68 valence electrons. The largest absolute Gasteiger partial charge is 0.377 e. The molecule has 1 aliphatic rings. The van der Waals surface area contributed by atoms with Crippen LogP contribution < -0.4 is 5.32 Å². The Balaban J connectivity index is 2.26. The van der Waals surface area contributed by atoms with E-state index >= 15 is 0 Å². The monoisotopic (exact) mass is 168 g/mol. The zero-order chi connectivity index (χ0) is 8.97. The molecule has 0 spiro atoms. The molecule has 1 N–H and O–H groups in total. The van der Waals surface area contributed by atoms with E-state index in [1.165, 1.54) is 0 Å². The molecular formula is C9H16N2O. The van der Waals surface area contributed by atoms with Crippen LogP contribution in [-0.4, -0.2) is 24.8 Å². The fourth-order valence-electron chi connectivity index (χ4n) is 1.51. The van der Waals surface area contributed by atoms with Crippen LogP contribution in [0.15, 0.2) is 0 Å². The molecule has 0 saturated carbocycles. The number of hydrogen-bond acceptors (Lipinski definition) is 3. The molecule has 3 unspecified atom stereocenters. The highest BCUT2D eigenvalue weighted by molar-refractivity contribution is 4.85. The Bertz CT molecular complexity index is 176. The van der Waals surface area contributed by atoms with E-state index in [0.717, 1.165) is 13.0 Å². The van der Waals surface area contributed by atoms with Crippen molar-refractivity contribution in [3.8, 4) is 6.07 Å². The van der Waals surface area contributed by atoms with Crippen molar-refractivity contribution >= 4 is 0 Å². The normalized spacial score (nSPS) is 31.4. The Morgan fingerprint density at radius 1 is 1.75 bits per heavy atom. The number of ether oxygens (including phenoxy) is 1. The fraction of sp³-hybridized carbons (Fsp3) is 0.889. The van der Waals surface area contributed by atoms with E-state index in [4.69, 9.17) is 10.00 Å². The lowest BCUT2D eigenvalue weighted by Gasteiger charge is -2.19. The Hall–Kier alpha value is -0.590. The van der Waals surface area contributed by atoms with Gasteiger partial charge in [-0.3, -0.25) is 0 Å². The third kappa shape index (κ3) is 2.47. The lowest BCUT2D eigenvalue weighted by atomic mass is 10.1. The molecule has 1 aliphatic heterocycles. The Morgan fingerprint density at radius 3 is 3.00 bits per heavy atom. The maximum absolute atomic E-state index is 8.46. The molecule has 0 radical (unpaired) electrons. The van der Waals surface area contributed by atoms with Crippen LogP contribution in [0.3, 0.4) is 0 Å². The van der Waals surface area contributed by atoms with Gasteiger partial charge in [-0.15, -0.1) is 0 Å². The molecule has 1 fully saturated rings. The molecule has 3 nitrogen and oxygen atoms in total. The second-order valence-corrected chi connectivity index (χ2v) is 3.40. The van der Waals surface area contributed by atoms with E-state index < -0.39 is 0 Å². The third-order valence-electron chi connectivity index (χ3n) is 2.27. The molecule has 0 aromatic heterocycles. The predicted octanol–water partition coefficient (Wildman–Crippen LogP) is 1.06. The molecule has 0 aromatic carbocycles. The van der Waals surface area contributed by atoms with Crippen LogP contribution in [0.4, 0.5) is 0 Å². The van der Waals surface area contributed by atoms with Gasteiger partial charge in [-0.1, -0.05) is 0 Å². The maximum Gasteiger partial charge on any atom is 0.0700 e. The van der Waals surface area contributed by atoms with Gasteiger partial charge in [0.25, 0.3) is 0 Å². The highest BCUT2D eigenvalue weighted by atomic mass is 16.5. The summed E-state index contributed by atoms with van der Waals surface area (Å²) < 4.78 is 5.40. The van der Waals surface area contributed by atoms with E-state index in [-0.39, 0.29) is 6.04 Å². The smallest absolute Gasteiger partial charge is 0.0700 e. The Morgan fingerprint density at radius 2 is 2.50 bits per heavy atom. The van der Waals surface area contributed by atoms with Crippen molar-refractivity contribution < 1.29 is 4.74 Å². The van der Waals surface area contributed by atoms with Crippen LogP contribution in [-0.2, 0) is 4.74 Å². The predicted molar refractivity (Wildman–Crippen MR) is 46.6 cm³/mol. The quantitative estimate of drug-likeness (QED) is 0.685. The van der Waals surface area contributed by atoms with Crippen LogP contribution in [0, 0.1) is 11.3 Å². The Labute approximate surface area is 73.7 Å². The minimum atomic E-state index is 0.282. The first kappa shape index (κ1) is 9.50. The van der Waals surface area contributed by atoms with Crippen molar-refractivity contribution in [3.05, 3.63) is 0 Å². The van der Waals surface area contributed by atoms with Crippen molar-refractivity contribution in [2.45, 2.75) is 44.9 Å². The molecule has 0 bridgehead atoms. The van der Waals surface area contributed by atoms with Crippen LogP contribution in [0.5, 0.6) is 0 Å². The Kier molecular flexibility index (Phi) is 3.51. The van der Waals surface area contributed by atoms with E-state index in [1.807, 2.05) is 6.92 Å². The number of nitriles is 1. The van der Waals surface area contributed by atoms with Gasteiger partial charge in [-0.05, 0) is 20.3 Å². The first-order valence-corrected chi connectivity index (χ1v) is 4.48. The topological polar surface area (TPSA) is 45.0 Å². The summed E-state index contributed by atoms with van der Waals surface area (Å²) in [6.45, 7) is 4.95. The third-order valence-corrected chi connectivity index (χ3v) is 2.27. The first-order chi connectivity index (χ1) is 5.74. The van der Waals surface area contributed by atoms with E-state index in [2.05, 4.69) is 18.3 Å². The van der Waals surface area contributed by atoms with Crippen molar-refractivity contribution in [1.29, 1.82) is 5.26 Å². The lowest BCUT2D eigenvalue weighted by Crippen LogP contribution is -2.40. The van der Waals surface area contributed by atoms with E-state index in [1.54, 1.807) is 0 Å². The molecule has 12 heavy (non-hydrogen) atoms. The second-order valence-electron chi connectivity index (χ2n) is 3.40. The lowest BCUT2D eigenvalue weighted by molar-refractivity contribution is 0.111. The number of hydrogen-bond donors (Lipinski definition) is 1. The summed E-state index contributed by atoms with van der Waals surface area (Å²) in [6, 6.07) is 2.87. The van der Waals surface area contributed by atoms with Crippen molar-refractivity contribution in [1.82, 2.24) is 5.32 Å². The molecule has 0 aliphatic carbocycles. The summed E-state index contributed by atoms with van der Waals surface area (Å²) in [7, 11) is 0. The van der Waals surface area contributed by atoms with Crippen LogP contribution in [0.1, 0.15) is 26.7 Å². The molecule has 1 saturated heterocycles. The van der Waals surface area contributed by atoms with Crippen molar-refractivity contribution in [2.24, 2.45) is 0 Å². The van der Waals surface area contributed by atoms with Gasteiger partial charge in [-0.25, -0.2) is 0 Å². The summed E-state index contributed by atoms with van der Waals surface area (Å²) >= 11 is 0. The van der Waals surface area contributed by atoms with Gasteiger partial charge >= 0.3 is 0 Å². The van der Waals surface area contributed by atoms with Gasteiger partial charge in [0.15, 0.2) is 0 Å². The molecule has 0 amide bonds. The van der Waals surface area contributed by atoms with Crippen molar-refractivity contribution in [3.63, 3.8) is 0 Å². The highest BCUT2D eigenvalue weighted by Crippen LogP contribution is 2.13. The van der Waals surface area contributed by atoms with Crippen molar-refractivity contribution in [2.75, 3.05) is 6.61 Å². The first-order valence-electron chi connectivity index (χ1n) is 4.48. The molecule has 1 rings (SSSR count). The van der Waals surface area contributed by atoms with Crippen LogP contribution >= 0.6 is 0 Å². The second kappa shape index (κ2) is 4.44. The molecule has 3 heteroatoms. The molecular weight excluding hydrogens is 152 g/mol. The zero-order valence-electron chi connectivity index (χ0n) is 7.71. The molecule has 1 heterocycles. The van der Waals surface area contributed by atoms with Gasteiger partial charge in [0, 0.05) is 18.7 Å². The fourth-order valence-corrected chi connectivity index (χ4v) is 1.51. The minimum absolute atomic E-state index is 0.282. The van der Waals surface area contributed by atoms with Gasteiger partial charge in [0.1, 0.15) is 0 Å². The summed E-state index contributed by atoms with van der Waals surface area (Å²) in [6.07, 6.45) is 1.94. The zero-order valence-corrected chi connectivity index (χ0v) is 7.71. The molecule has 0 aromatic rings. The summed E-state index contributed by atoms with van der Waals surface area (Å²) in [4.78, 5) is 0.